The maximum atomic E-state index is 12.1. The number of benzene rings is 1. The highest BCUT2D eigenvalue weighted by molar-refractivity contribution is 6.30. The van der Waals surface area contributed by atoms with Crippen LogP contribution >= 0.6 is 11.6 Å². The summed E-state index contributed by atoms with van der Waals surface area (Å²) in [5, 5.41) is 0.791. The first-order valence-corrected chi connectivity index (χ1v) is 11.9. The number of carbonyl (C=O) groups excluding carboxylic acids is 1. The molecule has 6 rings (SSSR count). The number of ketones is 1. The third-order valence-electron chi connectivity index (χ3n) is 9.01. The molecule has 4 aliphatic carbocycles. The minimum Gasteiger partial charge on any atom is -0.366 e. The van der Waals surface area contributed by atoms with Crippen molar-refractivity contribution in [3.8, 4) is 0 Å². The summed E-state index contributed by atoms with van der Waals surface area (Å²) in [5.41, 5.74) is 5.89. The minimum atomic E-state index is -0.100. The van der Waals surface area contributed by atoms with Crippen molar-refractivity contribution in [1.82, 2.24) is 0 Å². The van der Waals surface area contributed by atoms with Crippen LogP contribution in [0.5, 0.6) is 0 Å². The van der Waals surface area contributed by atoms with Crippen LogP contribution in [0.25, 0.3) is 0 Å². The first kappa shape index (κ1) is 19.1. The second-order valence-corrected chi connectivity index (χ2v) is 10.6. The molecule has 1 spiro atoms. The molecule has 1 aromatic rings. The van der Waals surface area contributed by atoms with Crippen molar-refractivity contribution < 1.29 is 9.53 Å². The van der Waals surface area contributed by atoms with Gasteiger partial charge < -0.3 is 4.74 Å². The summed E-state index contributed by atoms with van der Waals surface area (Å²) in [7, 11) is 0. The van der Waals surface area contributed by atoms with Gasteiger partial charge in [0.25, 0.3) is 0 Å². The van der Waals surface area contributed by atoms with E-state index in [0.717, 1.165) is 37.3 Å². The van der Waals surface area contributed by atoms with E-state index in [4.69, 9.17) is 16.3 Å². The van der Waals surface area contributed by atoms with Crippen molar-refractivity contribution in [2.75, 3.05) is 6.61 Å². The Labute approximate surface area is 184 Å². The van der Waals surface area contributed by atoms with Crippen LogP contribution in [0.2, 0.25) is 5.02 Å². The molecular weight excluding hydrogens is 392 g/mol. The fraction of sp³-hybridized carbons (Fsp3) is 0.519. The number of halogens is 1. The first-order chi connectivity index (χ1) is 14.5. The average Bonchev–Trinajstić information content (AvgIpc) is 3.34. The van der Waals surface area contributed by atoms with Crippen molar-refractivity contribution in [3.63, 3.8) is 0 Å². The van der Waals surface area contributed by atoms with Crippen LogP contribution in [0, 0.1) is 17.3 Å². The van der Waals surface area contributed by atoms with Crippen molar-refractivity contribution in [2.45, 2.75) is 63.4 Å². The summed E-state index contributed by atoms with van der Waals surface area (Å²) in [6.07, 6.45) is 13.9. The monoisotopic (exact) mass is 420 g/mol. The van der Waals surface area contributed by atoms with Crippen LogP contribution in [0.3, 0.4) is 0 Å². The number of rotatable bonds is 1. The van der Waals surface area contributed by atoms with Gasteiger partial charge in [0.15, 0.2) is 5.78 Å². The fourth-order valence-corrected chi connectivity index (χ4v) is 7.80. The van der Waals surface area contributed by atoms with Gasteiger partial charge in [-0.25, -0.2) is 0 Å². The highest BCUT2D eigenvalue weighted by Crippen LogP contribution is 2.68. The molecule has 5 aliphatic rings. The maximum Gasteiger partial charge on any atom is 0.156 e. The van der Waals surface area contributed by atoms with Gasteiger partial charge in [-0.15, -0.1) is 0 Å². The summed E-state index contributed by atoms with van der Waals surface area (Å²) in [6, 6.07) is 8.51. The first-order valence-electron chi connectivity index (χ1n) is 11.5. The number of ether oxygens (including phenoxy) is 1. The Morgan fingerprint density at radius 3 is 2.70 bits per heavy atom. The van der Waals surface area contributed by atoms with Crippen LogP contribution in [0.1, 0.15) is 63.4 Å². The summed E-state index contributed by atoms with van der Waals surface area (Å²) in [5.74, 6) is 1.95. The summed E-state index contributed by atoms with van der Waals surface area (Å²) in [4.78, 5) is 12.1. The lowest BCUT2D eigenvalue weighted by atomic mass is 9.51. The van der Waals surface area contributed by atoms with E-state index in [1.165, 1.54) is 29.6 Å². The van der Waals surface area contributed by atoms with Crippen LogP contribution in [0.4, 0.5) is 0 Å². The number of carbonyl (C=O) groups is 1. The van der Waals surface area contributed by atoms with E-state index in [0.29, 0.717) is 30.0 Å². The smallest absolute Gasteiger partial charge is 0.156 e. The molecule has 0 amide bonds. The zero-order valence-corrected chi connectivity index (χ0v) is 18.4. The zero-order chi connectivity index (χ0) is 20.5. The van der Waals surface area contributed by atoms with E-state index in [2.05, 4.69) is 31.2 Å². The maximum absolute atomic E-state index is 12.1. The molecule has 0 saturated heterocycles. The molecule has 30 heavy (non-hydrogen) atoms. The van der Waals surface area contributed by atoms with Gasteiger partial charge in [0.1, 0.15) is 0 Å². The molecule has 2 nitrogen and oxygen atoms in total. The quantitative estimate of drug-likeness (QED) is 0.480. The number of allylic oxidation sites excluding steroid dienone is 4. The number of hydrogen-bond donors (Lipinski definition) is 0. The normalized spacial score (nSPS) is 39.7. The van der Waals surface area contributed by atoms with Gasteiger partial charge in [-0.2, -0.15) is 0 Å². The lowest BCUT2D eigenvalue weighted by Gasteiger charge is -2.54. The van der Waals surface area contributed by atoms with Crippen molar-refractivity contribution >= 4 is 17.4 Å². The Balaban J connectivity index is 1.53. The third kappa shape index (κ3) is 2.56. The largest absolute Gasteiger partial charge is 0.366 e. The Hall–Kier alpha value is -1.64. The van der Waals surface area contributed by atoms with Crippen molar-refractivity contribution in [1.29, 1.82) is 0 Å². The summed E-state index contributed by atoms with van der Waals surface area (Å²) >= 11 is 6.24. The topological polar surface area (TPSA) is 26.3 Å². The van der Waals surface area contributed by atoms with Gasteiger partial charge in [0.2, 0.25) is 0 Å². The predicted molar refractivity (Wildman–Crippen MR) is 120 cm³/mol. The van der Waals surface area contributed by atoms with Gasteiger partial charge in [0, 0.05) is 22.8 Å². The van der Waals surface area contributed by atoms with E-state index in [9.17, 15) is 4.79 Å². The van der Waals surface area contributed by atoms with E-state index in [1.807, 2.05) is 18.2 Å². The molecule has 1 heterocycles. The van der Waals surface area contributed by atoms with E-state index < -0.39 is 0 Å². The second-order valence-electron chi connectivity index (χ2n) is 10.2. The lowest BCUT2D eigenvalue weighted by molar-refractivity contribution is -0.114. The van der Waals surface area contributed by atoms with E-state index >= 15 is 0 Å². The second kappa shape index (κ2) is 6.68. The summed E-state index contributed by atoms with van der Waals surface area (Å²) < 4.78 is 6.47. The Kier molecular flexibility index (Phi) is 4.25. The van der Waals surface area contributed by atoms with Gasteiger partial charge >= 0.3 is 0 Å². The SMILES string of the molecule is C[C@]12C[C@H](c3ccc(Cl)cc3)C3=C4CCC(=O)C=C4CC[C@H]3[C@@H]1CC[C@@]21C=CCO1. The van der Waals surface area contributed by atoms with Crippen LogP contribution < -0.4 is 0 Å². The van der Waals surface area contributed by atoms with E-state index in [1.54, 1.807) is 5.57 Å². The van der Waals surface area contributed by atoms with Gasteiger partial charge in [0.05, 0.1) is 12.2 Å². The molecule has 0 unspecified atom stereocenters. The average molecular weight is 421 g/mol. The highest BCUT2D eigenvalue weighted by Gasteiger charge is 2.63. The van der Waals surface area contributed by atoms with Crippen molar-refractivity contribution in [3.05, 3.63) is 69.8 Å². The molecule has 3 heteroatoms. The Morgan fingerprint density at radius 2 is 1.93 bits per heavy atom. The lowest BCUT2D eigenvalue weighted by Crippen LogP contribution is -2.51. The molecule has 0 N–H and O–H groups in total. The van der Waals surface area contributed by atoms with Crippen LogP contribution in [-0.2, 0) is 9.53 Å². The highest BCUT2D eigenvalue weighted by atomic mass is 35.5. The zero-order valence-electron chi connectivity index (χ0n) is 17.6. The third-order valence-corrected chi connectivity index (χ3v) is 9.27. The van der Waals surface area contributed by atoms with Crippen LogP contribution in [0.15, 0.2) is 59.2 Å². The molecular formula is C27H29ClO2. The molecule has 0 radical (unpaired) electrons. The number of fused-ring (bicyclic) bond motifs is 5. The molecule has 1 aromatic carbocycles. The van der Waals surface area contributed by atoms with Gasteiger partial charge in [-0.1, -0.05) is 48.4 Å². The molecule has 2 fully saturated rings. The molecule has 0 aromatic heterocycles. The number of hydrogen-bond acceptors (Lipinski definition) is 2. The Bertz CT molecular complexity index is 1000. The van der Waals surface area contributed by atoms with Crippen LogP contribution in [-0.4, -0.2) is 18.0 Å². The van der Waals surface area contributed by atoms with Gasteiger partial charge in [-0.05, 0) is 85.3 Å². The molecule has 2 saturated carbocycles. The van der Waals surface area contributed by atoms with E-state index in [-0.39, 0.29) is 11.0 Å². The molecule has 0 bridgehead atoms. The standard InChI is InChI=1S/C27H29ClO2/c1-26-16-23(17-3-6-19(28)7-4-17)25-21-10-8-20(29)15-18(21)5-9-22(25)24(26)11-13-27(26)12-2-14-30-27/h2-4,6-7,12,15,22-24H,5,8-11,13-14,16H2,1H3/t22-,23+,24-,26-,27-/m0/s1. The predicted octanol–water partition coefficient (Wildman–Crippen LogP) is 6.56. The minimum absolute atomic E-state index is 0.100. The summed E-state index contributed by atoms with van der Waals surface area (Å²) in [6.45, 7) is 3.25. The van der Waals surface area contributed by atoms with Gasteiger partial charge in [-0.3, -0.25) is 4.79 Å². The molecule has 5 atom stereocenters. The molecule has 1 aliphatic heterocycles. The Morgan fingerprint density at radius 1 is 1.10 bits per heavy atom. The molecule has 156 valence electrons. The fourth-order valence-electron chi connectivity index (χ4n) is 7.67. The van der Waals surface area contributed by atoms with Crippen molar-refractivity contribution in [2.24, 2.45) is 17.3 Å².